The highest BCUT2D eigenvalue weighted by atomic mass is 19.4. The van der Waals surface area contributed by atoms with E-state index >= 15 is 0 Å². The van der Waals surface area contributed by atoms with Crippen LogP contribution < -0.4 is 10.6 Å². The number of nitrogens with zero attached hydrogens (tertiary/aromatic N) is 2. The van der Waals surface area contributed by atoms with Crippen LogP contribution in [0.2, 0.25) is 0 Å². The van der Waals surface area contributed by atoms with Crippen molar-refractivity contribution in [3.8, 4) is 0 Å². The average Bonchev–Trinajstić information content (AvgIpc) is 2.38. The summed E-state index contributed by atoms with van der Waals surface area (Å²) in [4.78, 5) is 11.3. The van der Waals surface area contributed by atoms with Gasteiger partial charge in [-0.3, -0.25) is 4.79 Å². The van der Waals surface area contributed by atoms with Crippen LogP contribution in [0.4, 0.5) is 19.0 Å². The topological polar surface area (TPSA) is 76.1 Å². The van der Waals surface area contributed by atoms with E-state index in [9.17, 15) is 18.0 Å². The van der Waals surface area contributed by atoms with Crippen molar-refractivity contribution in [3.05, 3.63) is 17.8 Å². The van der Waals surface area contributed by atoms with Gasteiger partial charge in [-0.15, -0.1) is 10.2 Å². The fourth-order valence-electron chi connectivity index (χ4n) is 1.26. The molecule has 0 saturated carbocycles. The molecule has 1 heterocycles. The Morgan fingerprint density at radius 2 is 2.05 bits per heavy atom. The lowest BCUT2D eigenvalue weighted by Crippen LogP contribution is -2.28. The van der Waals surface area contributed by atoms with E-state index in [1.807, 2.05) is 0 Å². The van der Waals surface area contributed by atoms with Crippen LogP contribution in [-0.4, -0.2) is 42.9 Å². The van der Waals surface area contributed by atoms with Gasteiger partial charge in [-0.1, -0.05) is 0 Å². The first-order chi connectivity index (χ1) is 9.43. The first-order valence-electron chi connectivity index (χ1n) is 5.84. The molecule has 0 radical (unpaired) electrons. The van der Waals surface area contributed by atoms with E-state index in [-0.39, 0.29) is 24.7 Å². The lowest BCUT2D eigenvalue weighted by Gasteiger charge is -2.07. The molecule has 0 spiro atoms. The third kappa shape index (κ3) is 5.83. The Labute approximate surface area is 113 Å². The van der Waals surface area contributed by atoms with Crippen molar-refractivity contribution in [2.24, 2.45) is 0 Å². The fraction of sp³-hybridized carbons (Fsp3) is 0.545. The van der Waals surface area contributed by atoms with Gasteiger partial charge in [-0.05, 0) is 12.1 Å². The molecule has 1 aromatic heterocycles. The van der Waals surface area contributed by atoms with E-state index < -0.39 is 11.9 Å². The molecular weight excluding hydrogens is 277 g/mol. The number of methoxy groups -OCH3 is 1. The molecule has 20 heavy (non-hydrogen) atoms. The van der Waals surface area contributed by atoms with Crippen molar-refractivity contribution in [1.29, 1.82) is 0 Å². The molecule has 0 atom stereocenters. The summed E-state index contributed by atoms with van der Waals surface area (Å²) in [5.74, 6) is -0.00267. The standard InChI is InChI=1S/C11H15F3N4O2/c1-20-7-6-16-10(19)4-5-15-9-3-2-8(17-18-9)11(12,13)14/h2-3H,4-7H2,1H3,(H,15,18)(H,16,19). The number of hydrogen-bond donors (Lipinski definition) is 2. The number of aromatic nitrogens is 2. The predicted molar refractivity (Wildman–Crippen MR) is 65.0 cm³/mol. The Morgan fingerprint density at radius 1 is 1.30 bits per heavy atom. The Morgan fingerprint density at radius 3 is 2.60 bits per heavy atom. The molecule has 1 rings (SSSR count). The molecule has 6 nitrogen and oxygen atoms in total. The number of alkyl halides is 3. The van der Waals surface area contributed by atoms with Crippen molar-refractivity contribution in [3.63, 3.8) is 0 Å². The lowest BCUT2D eigenvalue weighted by atomic mass is 10.3. The Hall–Kier alpha value is -1.90. The number of halogens is 3. The highest BCUT2D eigenvalue weighted by molar-refractivity contribution is 5.76. The highest BCUT2D eigenvalue weighted by Gasteiger charge is 2.32. The van der Waals surface area contributed by atoms with Crippen LogP contribution in [0.1, 0.15) is 12.1 Å². The zero-order chi connectivity index (χ0) is 15.0. The monoisotopic (exact) mass is 292 g/mol. The maximum absolute atomic E-state index is 12.2. The number of ether oxygens (including phenoxy) is 1. The molecule has 0 aliphatic rings. The Kier molecular flexibility index (Phi) is 6.16. The number of nitrogens with one attached hydrogen (secondary N) is 2. The lowest BCUT2D eigenvalue weighted by molar-refractivity contribution is -0.141. The van der Waals surface area contributed by atoms with E-state index in [1.54, 1.807) is 0 Å². The Balaban J connectivity index is 2.30. The van der Waals surface area contributed by atoms with Gasteiger partial charge in [0.05, 0.1) is 6.61 Å². The van der Waals surface area contributed by atoms with Crippen LogP contribution in [0, 0.1) is 0 Å². The van der Waals surface area contributed by atoms with Crippen LogP contribution >= 0.6 is 0 Å². The van der Waals surface area contributed by atoms with Crippen LogP contribution in [0.25, 0.3) is 0 Å². The number of carbonyl (C=O) groups excluding carboxylic acids is 1. The third-order valence-corrected chi connectivity index (χ3v) is 2.24. The van der Waals surface area contributed by atoms with E-state index in [0.29, 0.717) is 13.2 Å². The molecule has 112 valence electrons. The summed E-state index contributed by atoms with van der Waals surface area (Å²) >= 11 is 0. The van der Waals surface area contributed by atoms with Crippen LogP contribution in [0.5, 0.6) is 0 Å². The maximum atomic E-state index is 12.2. The Bertz CT molecular complexity index is 423. The average molecular weight is 292 g/mol. The number of rotatable bonds is 7. The van der Waals surface area contributed by atoms with E-state index in [1.165, 1.54) is 13.2 Å². The summed E-state index contributed by atoms with van der Waals surface area (Å²) in [6.07, 6.45) is -4.33. The molecule has 0 aromatic carbocycles. The molecule has 1 aromatic rings. The van der Waals surface area contributed by atoms with E-state index in [2.05, 4.69) is 20.8 Å². The molecule has 0 aliphatic heterocycles. The molecule has 0 unspecified atom stereocenters. The molecule has 0 aliphatic carbocycles. The number of anilines is 1. The number of amides is 1. The van der Waals surface area contributed by atoms with Crippen molar-refractivity contribution in [1.82, 2.24) is 15.5 Å². The van der Waals surface area contributed by atoms with Gasteiger partial charge >= 0.3 is 6.18 Å². The summed E-state index contributed by atoms with van der Waals surface area (Å²) in [6.45, 7) is 1.08. The van der Waals surface area contributed by atoms with Gasteiger partial charge in [0.1, 0.15) is 5.82 Å². The maximum Gasteiger partial charge on any atom is 0.435 e. The molecule has 9 heteroatoms. The molecule has 1 amide bonds. The van der Waals surface area contributed by atoms with Crippen molar-refractivity contribution in [2.45, 2.75) is 12.6 Å². The second kappa shape index (κ2) is 7.63. The van der Waals surface area contributed by atoms with Gasteiger partial charge in [-0.25, -0.2) is 0 Å². The summed E-state index contributed by atoms with van der Waals surface area (Å²) in [6, 6.07) is 1.99. The first-order valence-corrected chi connectivity index (χ1v) is 5.84. The smallest absolute Gasteiger partial charge is 0.383 e. The third-order valence-electron chi connectivity index (χ3n) is 2.24. The molecular formula is C11H15F3N4O2. The SMILES string of the molecule is COCCNC(=O)CCNc1ccc(C(F)(F)F)nn1. The van der Waals surface area contributed by atoms with Crippen LogP contribution in [-0.2, 0) is 15.7 Å². The van der Waals surface area contributed by atoms with Gasteiger partial charge in [0.25, 0.3) is 0 Å². The van der Waals surface area contributed by atoms with Gasteiger partial charge in [0, 0.05) is 26.6 Å². The summed E-state index contributed by atoms with van der Waals surface area (Å²) in [5, 5.41) is 11.8. The zero-order valence-corrected chi connectivity index (χ0v) is 10.8. The van der Waals surface area contributed by atoms with E-state index in [4.69, 9.17) is 4.74 Å². The minimum Gasteiger partial charge on any atom is -0.383 e. The second-order valence-electron chi connectivity index (χ2n) is 3.82. The highest BCUT2D eigenvalue weighted by Crippen LogP contribution is 2.26. The predicted octanol–water partition coefficient (Wildman–Crippen LogP) is 1.06. The normalized spacial score (nSPS) is 11.2. The second-order valence-corrected chi connectivity index (χ2v) is 3.82. The number of carbonyl (C=O) groups is 1. The van der Waals surface area contributed by atoms with Crippen LogP contribution in [0.15, 0.2) is 12.1 Å². The van der Waals surface area contributed by atoms with Crippen molar-refractivity contribution >= 4 is 11.7 Å². The first kappa shape index (κ1) is 16.2. The van der Waals surface area contributed by atoms with Gasteiger partial charge < -0.3 is 15.4 Å². The molecule has 0 bridgehead atoms. The largest absolute Gasteiger partial charge is 0.435 e. The zero-order valence-electron chi connectivity index (χ0n) is 10.8. The summed E-state index contributed by atoms with van der Waals surface area (Å²) < 4.78 is 41.5. The van der Waals surface area contributed by atoms with Crippen molar-refractivity contribution in [2.75, 3.05) is 32.1 Å². The van der Waals surface area contributed by atoms with Gasteiger partial charge in [-0.2, -0.15) is 13.2 Å². The van der Waals surface area contributed by atoms with Crippen LogP contribution in [0.3, 0.4) is 0 Å². The fourth-order valence-corrected chi connectivity index (χ4v) is 1.26. The quantitative estimate of drug-likeness (QED) is 0.735. The van der Waals surface area contributed by atoms with Crippen molar-refractivity contribution < 1.29 is 22.7 Å². The van der Waals surface area contributed by atoms with E-state index in [0.717, 1.165) is 6.07 Å². The summed E-state index contributed by atoms with van der Waals surface area (Å²) in [7, 11) is 1.52. The molecule has 0 fully saturated rings. The molecule has 0 saturated heterocycles. The minimum absolute atomic E-state index is 0.173. The number of hydrogen-bond acceptors (Lipinski definition) is 5. The minimum atomic E-state index is -4.51. The van der Waals surface area contributed by atoms with Gasteiger partial charge in [0.15, 0.2) is 5.69 Å². The summed E-state index contributed by atoms with van der Waals surface area (Å²) in [5.41, 5.74) is -1.06. The van der Waals surface area contributed by atoms with Gasteiger partial charge in [0.2, 0.25) is 5.91 Å². The molecule has 2 N–H and O–H groups in total.